The maximum absolute atomic E-state index is 5.52. The van der Waals surface area contributed by atoms with Crippen molar-refractivity contribution in [3.63, 3.8) is 0 Å². The highest BCUT2D eigenvalue weighted by Gasteiger charge is 2.16. The SMILES string of the molecule is Cc1cnc(C2=C[NH+](Cc3ccccc3)C=C2)o1. The molecule has 1 unspecified atom stereocenters. The molecule has 18 heavy (non-hydrogen) atoms. The van der Waals surface area contributed by atoms with Crippen LogP contribution in [-0.4, -0.2) is 4.98 Å². The van der Waals surface area contributed by atoms with E-state index in [2.05, 4.69) is 47.7 Å². The molecule has 0 radical (unpaired) electrons. The maximum atomic E-state index is 5.52. The number of aromatic nitrogens is 1. The van der Waals surface area contributed by atoms with E-state index in [4.69, 9.17) is 4.42 Å². The number of aryl methyl sites for hydroxylation is 1. The lowest BCUT2D eigenvalue weighted by Crippen LogP contribution is -3.00. The summed E-state index contributed by atoms with van der Waals surface area (Å²) in [7, 11) is 0. The Labute approximate surface area is 106 Å². The van der Waals surface area contributed by atoms with Crippen molar-refractivity contribution in [1.82, 2.24) is 4.98 Å². The molecular formula is C15H15N2O+. The Balaban J connectivity index is 1.75. The second-order valence-electron chi connectivity index (χ2n) is 4.45. The summed E-state index contributed by atoms with van der Waals surface area (Å²) < 4.78 is 5.52. The fraction of sp³-hybridized carbons (Fsp3) is 0.133. The molecule has 1 N–H and O–H groups in total. The normalized spacial score (nSPS) is 18.1. The van der Waals surface area contributed by atoms with E-state index in [0.717, 1.165) is 17.9 Å². The third kappa shape index (κ3) is 2.26. The molecule has 0 saturated heterocycles. The van der Waals surface area contributed by atoms with Gasteiger partial charge in [-0.2, -0.15) is 0 Å². The molecule has 1 atom stereocenters. The minimum absolute atomic E-state index is 0.701. The van der Waals surface area contributed by atoms with Crippen molar-refractivity contribution in [3.8, 4) is 0 Å². The molecule has 0 spiro atoms. The van der Waals surface area contributed by atoms with E-state index >= 15 is 0 Å². The van der Waals surface area contributed by atoms with Crippen LogP contribution in [0.1, 0.15) is 17.2 Å². The quantitative estimate of drug-likeness (QED) is 0.887. The van der Waals surface area contributed by atoms with Gasteiger partial charge in [0.1, 0.15) is 24.7 Å². The van der Waals surface area contributed by atoms with Crippen LogP contribution in [0.25, 0.3) is 5.57 Å². The van der Waals surface area contributed by atoms with Gasteiger partial charge >= 0.3 is 0 Å². The highest BCUT2D eigenvalue weighted by atomic mass is 16.4. The number of allylic oxidation sites excluding steroid dienone is 2. The van der Waals surface area contributed by atoms with Crippen LogP contribution in [-0.2, 0) is 6.54 Å². The smallest absolute Gasteiger partial charge is 0.231 e. The Morgan fingerprint density at radius 1 is 1.22 bits per heavy atom. The first-order valence-corrected chi connectivity index (χ1v) is 6.03. The van der Waals surface area contributed by atoms with Crippen LogP contribution in [0.15, 0.2) is 59.4 Å². The number of nitrogens with zero attached hydrogens (tertiary/aromatic N) is 1. The van der Waals surface area contributed by atoms with Crippen LogP contribution in [0, 0.1) is 6.92 Å². The lowest BCUT2D eigenvalue weighted by molar-refractivity contribution is -0.802. The van der Waals surface area contributed by atoms with Crippen LogP contribution >= 0.6 is 0 Å². The number of hydrogen-bond acceptors (Lipinski definition) is 2. The summed E-state index contributed by atoms with van der Waals surface area (Å²) >= 11 is 0. The van der Waals surface area contributed by atoms with Gasteiger partial charge in [0.25, 0.3) is 0 Å². The third-order valence-corrected chi connectivity index (χ3v) is 2.94. The van der Waals surface area contributed by atoms with E-state index in [-0.39, 0.29) is 0 Å². The monoisotopic (exact) mass is 239 g/mol. The predicted molar refractivity (Wildman–Crippen MR) is 69.5 cm³/mol. The fourth-order valence-electron chi connectivity index (χ4n) is 2.06. The molecule has 3 nitrogen and oxygen atoms in total. The van der Waals surface area contributed by atoms with Gasteiger partial charge < -0.3 is 4.42 Å². The molecule has 0 fully saturated rings. The van der Waals surface area contributed by atoms with Gasteiger partial charge in [-0.25, -0.2) is 4.98 Å². The Morgan fingerprint density at radius 3 is 2.78 bits per heavy atom. The Bertz CT molecular complexity index is 596. The van der Waals surface area contributed by atoms with Gasteiger partial charge in [0.05, 0.1) is 11.8 Å². The van der Waals surface area contributed by atoms with E-state index in [1.54, 1.807) is 6.20 Å². The molecule has 1 aromatic carbocycles. The number of benzene rings is 1. The first-order valence-electron chi connectivity index (χ1n) is 6.03. The Morgan fingerprint density at radius 2 is 2.06 bits per heavy atom. The van der Waals surface area contributed by atoms with E-state index in [1.807, 2.05) is 13.0 Å². The number of nitrogens with one attached hydrogen (secondary N) is 1. The second kappa shape index (κ2) is 4.63. The predicted octanol–water partition coefficient (Wildman–Crippen LogP) is 1.94. The van der Waals surface area contributed by atoms with E-state index < -0.39 is 0 Å². The number of hydrogen-bond donors (Lipinski definition) is 1. The number of rotatable bonds is 3. The first-order chi connectivity index (χ1) is 8.81. The average Bonchev–Trinajstić information content (AvgIpc) is 2.99. The minimum atomic E-state index is 0.701. The fourth-order valence-corrected chi connectivity index (χ4v) is 2.06. The van der Waals surface area contributed by atoms with Crippen LogP contribution in [0.5, 0.6) is 0 Å². The zero-order chi connectivity index (χ0) is 12.4. The summed E-state index contributed by atoms with van der Waals surface area (Å²) in [6.07, 6.45) is 8.07. The van der Waals surface area contributed by atoms with Crippen molar-refractivity contribution < 1.29 is 9.32 Å². The van der Waals surface area contributed by atoms with Crippen molar-refractivity contribution in [2.24, 2.45) is 0 Å². The van der Waals surface area contributed by atoms with Crippen molar-refractivity contribution in [2.75, 3.05) is 0 Å². The molecule has 0 saturated carbocycles. The van der Waals surface area contributed by atoms with Crippen molar-refractivity contribution >= 4 is 5.57 Å². The van der Waals surface area contributed by atoms with Crippen molar-refractivity contribution in [3.05, 3.63) is 72.2 Å². The second-order valence-corrected chi connectivity index (χ2v) is 4.45. The lowest BCUT2D eigenvalue weighted by atomic mass is 10.2. The summed E-state index contributed by atoms with van der Waals surface area (Å²) in [5.74, 6) is 1.54. The largest absolute Gasteiger partial charge is 0.441 e. The Hall–Kier alpha value is -2.13. The lowest BCUT2D eigenvalue weighted by Gasteiger charge is -2.05. The van der Waals surface area contributed by atoms with E-state index in [9.17, 15) is 0 Å². The van der Waals surface area contributed by atoms with Crippen LogP contribution in [0.4, 0.5) is 0 Å². The van der Waals surface area contributed by atoms with Gasteiger partial charge in [-0.1, -0.05) is 30.3 Å². The van der Waals surface area contributed by atoms with Crippen LogP contribution in [0.2, 0.25) is 0 Å². The van der Waals surface area contributed by atoms with Gasteiger partial charge in [0, 0.05) is 11.6 Å². The molecule has 1 aliphatic rings. The number of quaternary nitrogens is 1. The summed E-state index contributed by atoms with van der Waals surface area (Å²) in [5.41, 5.74) is 2.37. The zero-order valence-electron chi connectivity index (χ0n) is 10.3. The van der Waals surface area contributed by atoms with Crippen molar-refractivity contribution in [2.45, 2.75) is 13.5 Å². The summed E-state index contributed by atoms with van der Waals surface area (Å²) in [5, 5.41) is 0. The van der Waals surface area contributed by atoms with Crippen LogP contribution < -0.4 is 4.90 Å². The topological polar surface area (TPSA) is 30.5 Å². The van der Waals surface area contributed by atoms with Crippen molar-refractivity contribution in [1.29, 1.82) is 0 Å². The van der Waals surface area contributed by atoms with E-state index in [1.165, 1.54) is 10.5 Å². The summed E-state index contributed by atoms with van der Waals surface area (Å²) in [6, 6.07) is 10.5. The summed E-state index contributed by atoms with van der Waals surface area (Å²) in [4.78, 5) is 5.52. The minimum Gasteiger partial charge on any atom is -0.441 e. The van der Waals surface area contributed by atoms with Gasteiger partial charge in [-0.05, 0) is 6.92 Å². The van der Waals surface area contributed by atoms with Gasteiger partial charge in [-0.3, -0.25) is 4.90 Å². The van der Waals surface area contributed by atoms with Gasteiger partial charge in [0.2, 0.25) is 5.89 Å². The first kappa shape index (κ1) is 11.0. The molecule has 3 heteroatoms. The Kier molecular flexibility index (Phi) is 2.82. The molecule has 0 aliphatic carbocycles. The average molecular weight is 239 g/mol. The molecule has 1 aromatic heterocycles. The highest BCUT2D eigenvalue weighted by Crippen LogP contribution is 2.15. The molecule has 2 aromatic rings. The zero-order valence-corrected chi connectivity index (χ0v) is 10.3. The molecule has 0 bridgehead atoms. The summed E-state index contributed by atoms with van der Waals surface area (Å²) in [6.45, 7) is 2.85. The molecule has 2 heterocycles. The standard InChI is InChI=1S/C15H14N2O/c1-12-9-16-15(18-12)14-7-8-17(11-14)10-13-5-3-2-4-6-13/h2-9,11H,10H2,1H3/p+1. The number of oxazole rings is 1. The molecule has 90 valence electrons. The third-order valence-electron chi connectivity index (χ3n) is 2.94. The molecular weight excluding hydrogens is 224 g/mol. The highest BCUT2D eigenvalue weighted by molar-refractivity contribution is 5.68. The van der Waals surface area contributed by atoms with Gasteiger partial charge in [0.15, 0.2) is 0 Å². The molecule has 3 rings (SSSR count). The molecule has 0 amide bonds. The van der Waals surface area contributed by atoms with Crippen LogP contribution in [0.3, 0.4) is 0 Å². The molecule has 1 aliphatic heterocycles. The maximum Gasteiger partial charge on any atom is 0.231 e. The van der Waals surface area contributed by atoms with Gasteiger partial charge in [-0.15, -0.1) is 0 Å². The van der Waals surface area contributed by atoms with E-state index in [0.29, 0.717) is 5.89 Å².